The number of aromatic nitrogens is 1. The van der Waals surface area contributed by atoms with Gasteiger partial charge in [-0.25, -0.2) is 4.98 Å². The quantitative estimate of drug-likeness (QED) is 0.892. The molecule has 0 saturated heterocycles. The fourth-order valence-corrected chi connectivity index (χ4v) is 2.85. The van der Waals surface area contributed by atoms with Crippen LogP contribution in [0.5, 0.6) is 0 Å². The van der Waals surface area contributed by atoms with Gasteiger partial charge in [0.25, 0.3) is 0 Å². The number of hydrogen-bond acceptors (Lipinski definition) is 3. The standard InChI is InChI=1S/C15H25N3/c1-11-5-4-6-14(9-11)18(3)15-10-13(12(2)16)7-8-17-15/h7-8,10-12,14H,4-6,9,16H2,1-3H3/t11?,12-,14?/m1/s1. The Morgan fingerprint density at radius 1 is 1.44 bits per heavy atom. The molecule has 100 valence electrons. The summed E-state index contributed by atoms with van der Waals surface area (Å²) in [5, 5.41) is 0. The van der Waals surface area contributed by atoms with Crippen molar-refractivity contribution in [1.82, 2.24) is 4.98 Å². The van der Waals surface area contributed by atoms with Crippen molar-refractivity contribution in [3.05, 3.63) is 23.9 Å². The molecule has 1 heterocycles. The molecule has 0 radical (unpaired) electrons. The van der Waals surface area contributed by atoms with Crippen LogP contribution in [0, 0.1) is 5.92 Å². The number of pyridine rings is 1. The Morgan fingerprint density at radius 2 is 2.22 bits per heavy atom. The molecule has 1 aliphatic rings. The highest BCUT2D eigenvalue weighted by molar-refractivity contribution is 5.42. The predicted molar refractivity (Wildman–Crippen MR) is 76.7 cm³/mol. The minimum atomic E-state index is 0.0745. The van der Waals surface area contributed by atoms with Gasteiger partial charge in [-0.05, 0) is 43.4 Å². The lowest BCUT2D eigenvalue weighted by atomic mass is 9.86. The molecule has 18 heavy (non-hydrogen) atoms. The van der Waals surface area contributed by atoms with Crippen molar-refractivity contribution < 1.29 is 0 Å². The Kier molecular flexibility index (Phi) is 4.23. The summed E-state index contributed by atoms with van der Waals surface area (Å²) in [7, 11) is 2.16. The van der Waals surface area contributed by atoms with E-state index < -0.39 is 0 Å². The summed E-state index contributed by atoms with van der Waals surface area (Å²) in [6.07, 6.45) is 7.14. The van der Waals surface area contributed by atoms with Gasteiger partial charge >= 0.3 is 0 Å². The van der Waals surface area contributed by atoms with E-state index >= 15 is 0 Å². The summed E-state index contributed by atoms with van der Waals surface area (Å²) >= 11 is 0. The predicted octanol–water partition coefficient (Wildman–Crippen LogP) is 3.12. The zero-order valence-electron chi connectivity index (χ0n) is 11.8. The maximum atomic E-state index is 5.94. The third-order valence-electron chi connectivity index (χ3n) is 4.11. The van der Waals surface area contributed by atoms with E-state index in [1.165, 1.54) is 25.7 Å². The monoisotopic (exact) mass is 247 g/mol. The molecule has 3 nitrogen and oxygen atoms in total. The largest absolute Gasteiger partial charge is 0.357 e. The van der Waals surface area contributed by atoms with Crippen molar-refractivity contribution in [3.63, 3.8) is 0 Å². The molecule has 1 aromatic rings. The van der Waals surface area contributed by atoms with Crippen LogP contribution in [0.1, 0.15) is 51.1 Å². The minimum absolute atomic E-state index is 0.0745. The first-order valence-corrected chi connectivity index (χ1v) is 7.02. The Bertz CT molecular complexity index is 389. The lowest BCUT2D eigenvalue weighted by molar-refractivity contribution is 0.335. The molecular formula is C15H25N3. The number of anilines is 1. The van der Waals surface area contributed by atoms with E-state index in [-0.39, 0.29) is 6.04 Å². The van der Waals surface area contributed by atoms with Crippen LogP contribution in [-0.4, -0.2) is 18.1 Å². The van der Waals surface area contributed by atoms with E-state index in [4.69, 9.17) is 5.73 Å². The molecular weight excluding hydrogens is 222 g/mol. The van der Waals surface area contributed by atoms with Gasteiger partial charge in [0.1, 0.15) is 5.82 Å². The molecule has 3 atom stereocenters. The first-order valence-electron chi connectivity index (χ1n) is 7.02. The van der Waals surface area contributed by atoms with Crippen LogP contribution in [0.25, 0.3) is 0 Å². The summed E-state index contributed by atoms with van der Waals surface area (Å²) in [5.41, 5.74) is 7.10. The van der Waals surface area contributed by atoms with Crippen LogP contribution in [0.2, 0.25) is 0 Å². The number of rotatable bonds is 3. The van der Waals surface area contributed by atoms with Crippen molar-refractivity contribution in [3.8, 4) is 0 Å². The second-order valence-corrected chi connectivity index (χ2v) is 5.77. The average molecular weight is 247 g/mol. The van der Waals surface area contributed by atoms with Gasteiger partial charge in [0, 0.05) is 25.3 Å². The summed E-state index contributed by atoms with van der Waals surface area (Å²) < 4.78 is 0. The first kappa shape index (κ1) is 13.3. The maximum Gasteiger partial charge on any atom is 0.128 e. The molecule has 0 amide bonds. The summed E-state index contributed by atoms with van der Waals surface area (Å²) in [5.74, 6) is 1.90. The number of nitrogens with two attached hydrogens (primary N) is 1. The lowest BCUT2D eigenvalue weighted by Crippen LogP contribution is -2.36. The van der Waals surface area contributed by atoms with Gasteiger partial charge < -0.3 is 10.6 Å². The molecule has 1 aliphatic carbocycles. The minimum Gasteiger partial charge on any atom is -0.357 e. The third-order valence-corrected chi connectivity index (χ3v) is 4.11. The van der Waals surface area contributed by atoms with E-state index in [0.717, 1.165) is 17.3 Å². The van der Waals surface area contributed by atoms with Crippen molar-refractivity contribution in [2.75, 3.05) is 11.9 Å². The molecule has 2 unspecified atom stereocenters. The fraction of sp³-hybridized carbons (Fsp3) is 0.667. The molecule has 2 N–H and O–H groups in total. The molecule has 0 bridgehead atoms. The molecule has 1 saturated carbocycles. The highest BCUT2D eigenvalue weighted by Gasteiger charge is 2.23. The second-order valence-electron chi connectivity index (χ2n) is 5.77. The van der Waals surface area contributed by atoms with E-state index in [1.54, 1.807) is 0 Å². The van der Waals surface area contributed by atoms with Gasteiger partial charge in [-0.3, -0.25) is 0 Å². The fourth-order valence-electron chi connectivity index (χ4n) is 2.85. The van der Waals surface area contributed by atoms with Crippen molar-refractivity contribution in [1.29, 1.82) is 0 Å². The Balaban J connectivity index is 2.12. The zero-order chi connectivity index (χ0) is 13.1. The Morgan fingerprint density at radius 3 is 2.89 bits per heavy atom. The van der Waals surface area contributed by atoms with Gasteiger partial charge in [-0.1, -0.05) is 19.8 Å². The van der Waals surface area contributed by atoms with E-state index in [1.807, 2.05) is 19.2 Å². The Hall–Kier alpha value is -1.09. The summed E-state index contributed by atoms with van der Waals surface area (Å²) in [4.78, 5) is 6.83. The highest BCUT2D eigenvalue weighted by Crippen LogP contribution is 2.29. The van der Waals surface area contributed by atoms with E-state index in [9.17, 15) is 0 Å². The molecule has 0 aromatic carbocycles. The lowest BCUT2D eigenvalue weighted by Gasteiger charge is -2.35. The van der Waals surface area contributed by atoms with Crippen LogP contribution in [0.15, 0.2) is 18.3 Å². The van der Waals surface area contributed by atoms with Gasteiger partial charge in [-0.2, -0.15) is 0 Å². The van der Waals surface area contributed by atoms with Gasteiger partial charge in [0.05, 0.1) is 0 Å². The molecule has 1 fully saturated rings. The number of hydrogen-bond donors (Lipinski definition) is 1. The van der Waals surface area contributed by atoms with E-state index in [2.05, 4.69) is 29.9 Å². The van der Waals surface area contributed by atoms with Crippen molar-refractivity contribution >= 4 is 5.82 Å². The average Bonchev–Trinajstić information content (AvgIpc) is 2.38. The first-order chi connectivity index (χ1) is 8.58. The van der Waals surface area contributed by atoms with Crippen molar-refractivity contribution in [2.45, 2.75) is 51.6 Å². The zero-order valence-corrected chi connectivity index (χ0v) is 11.8. The molecule has 0 aliphatic heterocycles. The van der Waals surface area contributed by atoms with Gasteiger partial charge in [-0.15, -0.1) is 0 Å². The molecule has 1 aromatic heterocycles. The molecule has 0 spiro atoms. The smallest absolute Gasteiger partial charge is 0.128 e. The normalized spacial score (nSPS) is 25.8. The topological polar surface area (TPSA) is 42.1 Å². The van der Waals surface area contributed by atoms with Crippen LogP contribution < -0.4 is 10.6 Å². The van der Waals surface area contributed by atoms with Gasteiger partial charge in [0.15, 0.2) is 0 Å². The molecule has 2 rings (SSSR count). The maximum absolute atomic E-state index is 5.94. The molecule has 3 heteroatoms. The highest BCUT2D eigenvalue weighted by atomic mass is 15.2. The Labute approximate surface area is 110 Å². The van der Waals surface area contributed by atoms with Crippen molar-refractivity contribution in [2.24, 2.45) is 11.7 Å². The second kappa shape index (κ2) is 5.70. The van der Waals surface area contributed by atoms with Crippen LogP contribution in [0.4, 0.5) is 5.82 Å². The third kappa shape index (κ3) is 3.02. The van der Waals surface area contributed by atoms with Crippen LogP contribution in [-0.2, 0) is 0 Å². The summed E-state index contributed by atoms with van der Waals surface area (Å²) in [6, 6.07) is 4.84. The van der Waals surface area contributed by atoms with Gasteiger partial charge in [0.2, 0.25) is 0 Å². The SMILES string of the molecule is CC1CCCC(N(C)c2cc([C@@H](C)N)ccn2)C1. The van der Waals surface area contributed by atoms with Crippen LogP contribution in [0.3, 0.4) is 0 Å². The van der Waals surface area contributed by atoms with E-state index in [0.29, 0.717) is 6.04 Å². The van der Waals surface area contributed by atoms with Crippen LogP contribution >= 0.6 is 0 Å². The number of nitrogens with zero attached hydrogens (tertiary/aromatic N) is 2. The summed E-state index contributed by atoms with van der Waals surface area (Å²) in [6.45, 7) is 4.37.